The minimum atomic E-state index is -0.775. The first-order valence-electron chi connectivity index (χ1n) is 9.56. The Kier molecular flexibility index (Phi) is 7.14. The molecule has 0 radical (unpaired) electrons. The van der Waals surface area contributed by atoms with E-state index in [0.717, 1.165) is 9.13 Å². The van der Waals surface area contributed by atoms with Gasteiger partial charge >= 0.3 is 17.6 Å². The third kappa shape index (κ3) is 4.12. The van der Waals surface area contributed by atoms with Crippen molar-refractivity contribution in [1.82, 2.24) is 9.13 Å². The summed E-state index contributed by atoms with van der Waals surface area (Å²) in [6.45, 7) is 5.36. The minimum absolute atomic E-state index is 0.0222. The van der Waals surface area contributed by atoms with Gasteiger partial charge in [0.25, 0.3) is 5.56 Å². The fourth-order valence-electron chi connectivity index (χ4n) is 3.04. The van der Waals surface area contributed by atoms with Gasteiger partial charge in [0.15, 0.2) is 5.71 Å². The molecule has 1 N–H and O–H groups in total. The molecule has 2 rings (SSSR count). The van der Waals surface area contributed by atoms with Crippen molar-refractivity contribution in [3.8, 4) is 5.88 Å². The molecule has 1 aromatic rings. The van der Waals surface area contributed by atoms with Gasteiger partial charge in [0.1, 0.15) is 5.56 Å². The van der Waals surface area contributed by atoms with Crippen LogP contribution in [-0.2, 0) is 33.2 Å². The molecule has 0 aromatic carbocycles. The zero-order valence-corrected chi connectivity index (χ0v) is 17.6. The maximum Gasteiger partial charge on any atom is 0.357 e. The lowest BCUT2D eigenvalue weighted by atomic mass is 9.99. The zero-order valence-electron chi connectivity index (χ0n) is 17.6. The molecule has 2 heterocycles. The Morgan fingerprint density at radius 1 is 1.03 bits per heavy atom. The van der Waals surface area contributed by atoms with Crippen LogP contribution in [0.2, 0.25) is 0 Å². The Bertz CT molecular complexity index is 1090. The summed E-state index contributed by atoms with van der Waals surface area (Å²) < 4.78 is 11.9. The molecule has 0 spiro atoms. The molecule has 0 bridgehead atoms. The van der Waals surface area contributed by atoms with Crippen LogP contribution in [0.15, 0.2) is 31.4 Å². The third-order valence-corrected chi connectivity index (χ3v) is 4.47. The maximum absolute atomic E-state index is 12.7. The SMILES string of the molecule is CCCC1=C(C(=O)OCC)/C(=C/c2c(O)n(C)c(=O)n(C)c2=O)N=C1C(=O)OCC. The summed E-state index contributed by atoms with van der Waals surface area (Å²) in [7, 11) is 2.56. The largest absolute Gasteiger partial charge is 0.494 e. The molecule has 1 aliphatic heterocycles. The monoisotopic (exact) mass is 419 g/mol. The Morgan fingerprint density at radius 2 is 1.63 bits per heavy atom. The zero-order chi connectivity index (χ0) is 22.6. The Balaban J connectivity index is 2.82. The second kappa shape index (κ2) is 9.38. The summed E-state index contributed by atoms with van der Waals surface area (Å²) in [5, 5.41) is 10.3. The predicted octanol–water partition coefficient (Wildman–Crippen LogP) is 0.808. The second-order valence-electron chi connectivity index (χ2n) is 6.48. The van der Waals surface area contributed by atoms with E-state index in [0.29, 0.717) is 18.4 Å². The molecule has 0 saturated heterocycles. The number of rotatable bonds is 7. The lowest BCUT2D eigenvalue weighted by Gasteiger charge is -2.10. The highest BCUT2D eigenvalue weighted by molar-refractivity contribution is 6.46. The van der Waals surface area contributed by atoms with E-state index in [1.807, 2.05) is 6.92 Å². The van der Waals surface area contributed by atoms with E-state index in [4.69, 9.17) is 9.47 Å². The normalized spacial score (nSPS) is 14.8. The van der Waals surface area contributed by atoms with Gasteiger partial charge in [0.05, 0.1) is 24.5 Å². The van der Waals surface area contributed by atoms with Crippen molar-refractivity contribution in [1.29, 1.82) is 0 Å². The molecule has 0 aliphatic carbocycles. The fourth-order valence-corrected chi connectivity index (χ4v) is 3.04. The van der Waals surface area contributed by atoms with Crippen molar-refractivity contribution in [3.05, 3.63) is 43.2 Å². The lowest BCUT2D eigenvalue weighted by Crippen LogP contribution is -2.38. The lowest BCUT2D eigenvalue weighted by molar-refractivity contribution is -0.138. The number of carbonyl (C=O) groups is 2. The van der Waals surface area contributed by atoms with Gasteiger partial charge in [-0.15, -0.1) is 0 Å². The molecule has 1 aliphatic rings. The van der Waals surface area contributed by atoms with Crippen LogP contribution in [0.3, 0.4) is 0 Å². The first-order valence-corrected chi connectivity index (χ1v) is 9.56. The van der Waals surface area contributed by atoms with E-state index in [-0.39, 0.29) is 35.8 Å². The van der Waals surface area contributed by atoms with Crippen molar-refractivity contribution in [2.75, 3.05) is 13.2 Å². The van der Waals surface area contributed by atoms with Crippen LogP contribution in [-0.4, -0.2) is 45.1 Å². The average Bonchev–Trinajstić information content (AvgIpc) is 3.07. The molecular formula is C20H25N3O7. The van der Waals surface area contributed by atoms with Gasteiger partial charge < -0.3 is 14.6 Å². The number of nitrogens with zero attached hydrogens (tertiary/aromatic N) is 3. The van der Waals surface area contributed by atoms with Crippen molar-refractivity contribution >= 4 is 23.7 Å². The topological polar surface area (TPSA) is 129 Å². The Morgan fingerprint density at radius 3 is 2.20 bits per heavy atom. The van der Waals surface area contributed by atoms with Crippen molar-refractivity contribution < 1.29 is 24.2 Å². The van der Waals surface area contributed by atoms with Crippen LogP contribution < -0.4 is 11.2 Å². The predicted molar refractivity (Wildman–Crippen MR) is 109 cm³/mol. The molecule has 10 nitrogen and oxygen atoms in total. The highest BCUT2D eigenvalue weighted by Crippen LogP contribution is 2.32. The van der Waals surface area contributed by atoms with Crippen molar-refractivity contribution in [2.24, 2.45) is 19.1 Å². The summed E-state index contributed by atoms with van der Waals surface area (Å²) in [5.74, 6) is -2.00. The van der Waals surface area contributed by atoms with Gasteiger partial charge in [-0.2, -0.15) is 0 Å². The molecule has 1 aromatic heterocycles. The minimum Gasteiger partial charge on any atom is -0.494 e. The van der Waals surface area contributed by atoms with Gasteiger partial charge in [-0.25, -0.2) is 19.4 Å². The smallest absolute Gasteiger partial charge is 0.357 e. The Labute approximate surface area is 172 Å². The van der Waals surface area contributed by atoms with E-state index in [1.54, 1.807) is 13.8 Å². The summed E-state index contributed by atoms with van der Waals surface area (Å²) in [5.41, 5.74) is -1.43. The number of ether oxygens (including phenoxy) is 2. The number of esters is 2. The number of hydrogen-bond donors (Lipinski definition) is 1. The van der Waals surface area contributed by atoms with Crippen LogP contribution >= 0.6 is 0 Å². The fraction of sp³-hybridized carbons (Fsp3) is 0.450. The first kappa shape index (κ1) is 22.9. The summed E-state index contributed by atoms with van der Waals surface area (Å²) >= 11 is 0. The van der Waals surface area contributed by atoms with E-state index in [2.05, 4.69) is 4.99 Å². The highest BCUT2D eigenvalue weighted by atomic mass is 16.5. The molecule has 162 valence electrons. The third-order valence-electron chi connectivity index (χ3n) is 4.47. The molecule has 0 amide bonds. The highest BCUT2D eigenvalue weighted by Gasteiger charge is 2.34. The number of aromatic nitrogens is 2. The summed E-state index contributed by atoms with van der Waals surface area (Å²) in [6.07, 6.45) is 2.13. The molecule has 0 fully saturated rings. The quantitative estimate of drug-likeness (QED) is 0.647. The van der Waals surface area contributed by atoms with Gasteiger partial charge in [0, 0.05) is 19.7 Å². The maximum atomic E-state index is 12.7. The van der Waals surface area contributed by atoms with E-state index in [9.17, 15) is 24.3 Å². The molecular weight excluding hydrogens is 394 g/mol. The van der Waals surface area contributed by atoms with Crippen molar-refractivity contribution in [2.45, 2.75) is 33.6 Å². The van der Waals surface area contributed by atoms with Crippen molar-refractivity contribution in [3.63, 3.8) is 0 Å². The molecule has 10 heteroatoms. The van der Waals surface area contributed by atoms with Crippen LogP contribution in [0.1, 0.15) is 39.2 Å². The van der Waals surface area contributed by atoms with E-state index < -0.39 is 29.1 Å². The van der Waals surface area contributed by atoms with E-state index >= 15 is 0 Å². The van der Waals surface area contributed by atoms with Crippen LogP contribution in [0.25, 0.3) is 6.08 Å². The molecule has 0 unspecified atom stereocenters. The molecule has 0 saturated carbocycles. The summed E-state index contributed by atoms with van der Waals surface area (Å²) in [4.78, 5) is 53.8. The molecule has 0 atom stereocenters. The summed E-state index contributed by atoms with van der Waals surface area (Å²) in [6, 6.07) is 0. The van der Waals surface area contributed by atoms with Gasteiger partial charge in [-0.3, -0.25) is 13.9 Å². The van der Waals surface area contributed by atoms with Crippen LogP contribution in [0, 0.1) is 0 Å². The van der Waals surface area contributed by atoms with Gasteiger partial charge in [-0.1, -0.05) is 13.3 Å². The van der Waals surface area contributed by atoms with Crippen LogP contribution in [0.4, 0.5) is 0 Å². The molecule has 30 heavy (non-hydrogen) atoms. The number of aromatic hydroxyl groups is 1. The van der Waals surface area contributed by atoms with Gasteiger partial charge in [-0.05, 0) is 26.3 Å². The van der Waals surface area contributed by atoms with Crippen LogP contribution in [0.5, 0.6) is 5.88 Å². The number of aliphatic imine (C=N–C) groups is 1. The average molecular weight is 419 g/mol. The van der Waals surface area contributed by atoms with E-state index in [1.165, 1.54) is 20.2 Å². The second-order valence-corrected chi connectivity index (χ2v) is 6.48. The first-order chi connectivity index (χ1) is 14.2. The number of carbonyl (C=O) groups excluding carboxylic acids is 2. The Hall–Kier alpha value is -3.43. The standard InChI is InChI=1S/C20H25N3O7/c1-6-9-11-14(18(26)29-7-2)13(21-15(11)19(27)30-8-3)10-12-16(24)22(4)20(28)23(5)17(12)25/h10,24H,6-9H2,1-5H3/b13-10-. The van der Waals surface area contributed by atoms with Gasteiger partial charge in [0.2, 0.25) is 5.88 Å². The number of hydrogen-bond acceptors (Lipinski definition) is 8.